The van der Waals surface area contributed by atoms with Crippen molar-refractivity contribution in [1.29, 1.82) is 0 Å². The fourth-order valence-corrected chi connectivity index (χ4v) is 2.40. The number of hydrogen-bond acceptors (Lipinski definition) is 3. The molecule has 1 saturated heterocycles. The number of anilines is 1. The van der Waals surface area contributed by atoms with Gasteiger partial charge in [0.2, 0.25) is 0 Å². The molecule has 1 heterocycles. The molecule has 1 fully saturated rings. The van der Waals surface area contributed by atoms with E-state index in [-0.39, 0.29) is 10.7 Å². The Balaban J connectivity index is 1.86. The highest BCUT2D eigenvalue weighted by molar-refractivity contribution is 6.32. The minimum atomic E-state index is -0.567. The van der Waals surface area contributed by atoms with Gasteiger partial charge < -0.3 is 4.74 Å². The zero-order valence-corrected chi connectivity index (χ0v) is 13.2. The van der Waals surface area contributed by atoms with Crippen molar-refractivity contribution in [2.24, 2.45) is 0 Å². The molecular weight excluding hydrogens is 339 g/mol. The first-order valence-corrected chi connectivity index (χ1v) is 7.28. The number of nitrogens with one attached hydrogen (secondary N) is 1. The Morgan fingerprint density at radius 3 is 2.30 bits per heavy atom. The van der Waals surface area contributed by atoms with E-state index in [1.165, 1.54) is 6.07 Å². The van der Waals surface area contributed by atoms with Gasteiger partial charge in [0.05, 0.1) is 10.7 Å². The number of halogens is 2. The first-order chi connectivity index (χ1) is 11.0. The summed E-state index contributed by atoms with van der Waals surface area (Å²) in [6.07, 6.45) is 0. The minimum absolute atomic E-state index is 0.0393. The van der Waals surface area contributed by atoms with E-state index in [1.54, 1.807) is 36.4 Å². The van der Waals surface area contributed by atoms with Crippen LogP contribution in [0, 0.1) is 0 Å². The maximum atomic E-state index is 11.8. The number of carbonyl (C=O) groups is 2. The van der Waals surface area contributed by atoms with Crippen LogP contribution >= 0.6 is 23.2 Å². The fourth-order valence-electron chi connectivity index (χ4n) is 2.06. The summed E-state index contributed by atoms with van der Waals surface area (Å²) in [7, 11) is 0. The Morgan fingerprint density at radius 1 is 1.04 bits per heavy atom. The first-order valence-electron chi connectivity index (χ1n) is 6.53. The van der Waals surface area contributed by atoms with Crippen LogP contribution in [0.5, 0.6) is 11.5 Å². The predicted octanol–water partition coefficient (Wildman–Crippen LogP) is 4.36. The monoisotopic (exact) mass is 348 g/mol. The number of benzene rings is 2. The van der Waals surface area contributed by atoms with Gasteiger partial charge in [0.15, 0.2) is 0 Å². The van der Waals surface area contributed by atoms with E-state index < -0.39 is 11.9 Å². The van der Waals surface area contributed by atoms with Gasteiger partial charge in [-0.05, 0) is 42.5 Å². The number of carbonyl (C=O) groups excluding carboxylic acids is 2. The summed E-state index contributed by atoms with van der Waals surface area (Å²) < 4.78 is 5.66. The van der Waals surface area contributed by atoms with Gasteiger partial charge in [0, 0.05) is 5.02 Å². The van der Waals surface area contributed by atoms with Crippen molar-refractivity contribution in [3.8, 4) is 11.5 Å². The second kappa shape index (κ2) is 5.95. The molecule has 0 saturated carbocycles. The Hall–Kier alpha value is -2.50. The number of amides is 3. The minimum Gasteiger partial charge on any atom is -0.456 e. The molecule has 3 rings (SSSR count). The summed E-state index contributed by atoms with van der Waals surface area (Å²) in [5.74, 6) is 0.449. The van der Waals surface area contributed by atoms with E-state index >= 15 is 0 Å². The third-order valence-electron chi connectivity index (χ3n) is 3.17. The second-order valence-corrected chi connectivity index (χ2v) is 5.56. The molecule has 0 unspecified atom stereocenters. The molecule has 116 valence electrons. The SMILES string of the molecule is C=C1C(=O)NC(=O)N1c1ccc(Oc2ccc(Cl)cc2)c(Cl)c1. The normalized spacial score (nSPS) is 14.2. The summed E-state index contributed by atoms with van der Waals surface area (Å²) >= 11 is 12.0. The predicted molar refractivity (Wildman–Crippen MR) is 88.1 cm³/mol. The van der Waals surface area contributed by atoms with Gasteiger partial charge in [-0.3, -0.25) is 15.0 Å². The fraction of sp³-hybridized carbons (Fsp3) is 0. The van der Waals surface area contributed by atoms with Gasteiger partial charge in [0.25, 0.3) is 5.91 Å². The summed E-state index contributed by atoms with van der Waals surface area (Å²) in [4.78, 5) is 24.4. The molecule has 2 aromatic rings. The molecular formula is C16H10Cl2N2O3. The van der Waals surface area contributed by atoms with Crippen LogP contribution in [0.2, 0.25) is 10.0 Å². The zero-order chi connectivity index (χ0) is 16.6. The van der Waals surface area contributed by atoms with E-state index in [0.29, 0.717) is 22.2 Å². The van der Waals surface area contributed by atoms with Crippen LogP contribution in [0.1, 0.15) is 0 Å². The van der Waals surface area contributed by atoms with Crippen molar-refractivity contribution in [2.75, 3.05) is 4.90 Å². The van der Waals surface area contributed by atoms with Gasteiger partial charge >= 0.3 is 6.03 Å². The van der Waals surface area contributed by atoms with Crippen LogP contribution in [0.4, 0.5) is 10.5 Å². The molecule has 0 aliphatic carbocycles. The molecule has 23 heavy (non-hydrogen) atoms. The lowest BCUT2D eigenvalue weighted by molar-refractivity contribution is -0.115. The quantitative estimate of drug-likeness (QED) is 0.662. The lowest BCUT2D eigenvalue weighted by atomic mass is 10.2. The summed E-state index contributed by atoms with van der Waals surface area (Å²) in [6.45, 7) is 3.58. The average Bonchev–Trinajstić information content (AvgIpc) is 2.76. The molecule has 1 N–H and O–H groups in total. The molecule has 0 bridgehead atoms. The van der Waals surface area contributed by atoms with Crippen molar-refractivity contribution in [1.82, 2.24) is 5.32 Å². The molecule has 7 heteroatoms. The molecule has 2 aromatic carbocycles. The van der Waals surface area contributed by atoms with E-state index in [2.05, 4.69) is 11.9 Å². The van der Waals surface area contributed by atoms with Crippen molar-refractivity contribution >= 4 is 40.8 Å². The standard InChI is InChI=1S/C16H10Cl2N2O3/c1-9-15(21)19-16(22)20(9)11-4-7-14(13(18)8-11)23-12-5-2-10(17)3-6-12/h2-8H,1H2,(H,19,21,22). The van der Waals surface area contributed by atoms with E-state index in [4.69, 9.17) is 27.9 Å². The Kier molecular flexibility index (Phi) is 3.98. The highest BCUT2D eigenvalue weighted by atomic mass is 35.5. The van der Waals surface area contributed by atoms with E-state index in [0.717, 1.165) is 4.90 Å². The van der Waals surface area contributed by atoms with Gasteiger partial charge in [-0.25, -0.2) is 4.79 Å². The Morgan fingerprint density at radius 2 is 1.74 bits per heavy atom. The number of imide groups is 1. The third kappa shape index (κ3) is 3.02. The lowest BCUT2D eigenvalue weighted by Gasteiger charge is -2.16. The Bertz CT molecular complexity index is 819. The molecule has 0 radical (unpaired) electrons. The first kappa shape index (κ1) is 15.4. The maximum absolute atomic E-state index is 11.8. The molecule has 3 amide bonds. The molecule has 0 atom stereocenters. The molecule has 0 aromatic heterocycles. The second-order valence-electron chi connectivity index (χ2n) is 4.71. The topological polar surface area (TPSA) is 58.6 Å². The summed E-state index contributed by atoms with van der Waals surface area (Å²) in [6, 6.07) is 11.0. The van der Waals surface area contributed by atoms with Gasteiger partial charge in [-0.1, -0.05) is 29.8 Å². The van der Waals surface area contributed by atoms with E-state index in [9.17, 15) is 9.59 Å². The highest BCUT2D eigenvalue weighted by Crippen LogP contribution is 2.34. The van der Waals surface area contributed by atoms with Crippen molar-refractivity contribution in [2.45, 2.75) is 0 Å². The molecule has 1 aliphatic heterocycles. The number of nitrogens with zero attached hydrogens (tertiary/aromatic N) is 1. The van der Waals surface area contributed by atoms with Crippen molar-refractivity contribution < 1.29 is 14.3 Å². The van der Waals surface area contributed by atoms with Crippen LogP contribution < -0.4 is 15.0 Å². The maximum Gasteiger partial charge on any atom is 0.333 e. The largest absolute Gasteiger partial charge is 0.456 e. The van der Waals surface area contributed by atoms with Crippen molar-refractivity contribution in [3.05, 3.63) is 64.8 Å². The molecule has 1 aliphatic rings. The number of ether oxygens (including phenoxy) is 1. The molecule has 5 nitrogen and oxygen atoms in total. The van der Waals surface area contributed by atoms with Crippen LogP contribution in [-0.4, -0.2) is 11.9 Å². The van der Waals surface area contributed by atoms with Gasteiger partial charge in [0.1, 0.15) is 17.2 Å². The van der Waals surface area contributed by atoms with Crippen LogP contribution in [0.25, 0.3) is 0 Å². The van der Waals surface area contributed by atoms with Gasteiger partial charge in [-0.2, -0.15) is 0 Å². The average molecular weight is 349 g/mol. The van der Waals surface area contributed by atoms with Crippen LogP contribution in [-0.2, 0) is 4.79 Å². The number of urea groups is 1. The van der Waals surface area contributed by atoms with Crippen LogP contribution in [0.15, 0.2) is 54.7 Å². The summed E-state index contributed by atoms with van der Waals surface area (Å²) in [5, 5.41) is 3.04. The molecule has 0 spiro atoms. The van der Waals surface area contributed by atoms with Crippen LogP contribution in [0.3, 0.4) is 0 Å². The van der Waals surface area contributed by atoms with E-state index in [1.807, 2.05) is 0 Å². The third-order valence-corrected chi connectivity index (χ3v) is 3.72. The summed E-state index contributed by atoms with van der Waals surface area (Å²) in [5.41, 5.74) is 0.462. The Labute approximate surface area is 142 Å². The number of rotatable bonds is 3. The smallest absolute Gasteiger partial charge is 0.333 e. The zero-order valence-electron chi connectivity index (χ0n) is 11.7. The lowest BCUT2D eigenvalue weighted by Crippen LogP contribution is -2.27. The van der Waals surface area contributed by atoms with Crippen molar-refractivity contribution in [3.63, 3.8) is 0 Å². The van der Waals surface area contributed by atoms with Gasteiger partial charge in [-0.15, -0.1) is 0 Å². The highest BCUT2D eigenvalue weighted by Gasteiger charge is 2.32. The number of hydrogen-bond donors (Lipinski definition) is 1.